The molecule has 0 aliphatic rings. The van der Waals surface area contributed by atoms with Crippen LogP contribution in [0.2, 0.25) is 0 Å². The first-order chi connectivity index (χ1) is 16.4. The van der Waals surface area contributed by atoms with E-state index in [0.29, 0.717) is 27.2 Å². The Morgan fingerprint density at radius 2 is 1.94 bits per heavy atom. The molecule has 0 bridgehead atoms. The molecule has 3 aromatic carbocycles. The van der Waals surface area contributed by atoms with Crippen LogP contribution in [0.1, 0.15) is 21.5 Å². The summed E-state index contributed by atoms with van der Waals surface area (Å²) in [6.45, 7) is -0.247. The van der Waals surface area contributed by atoms with Gasteiger partial charge in [0.1, 0.15) is 5.82 Å². The molecular formula is C24H18BrFN4O4. The zero-order valence-corrected chi connectivity index (χ0v) is 19.4. The first-order valence-corrected chi connectivity index (χ1v) is 10.6. The van der Waals surface area contributed by atoms with Crippen molar-refractivity contribution >= 4 is 39.6 Å². The van der Waals surface area contributed by atoms with Crippen LogP contribution in [-0.2, 0) is 4.79 Å². The molecule has 0 aliphatic carbocycles. The van der Waals surface area contributed by atoms with E-state index in [-0.39, 0.29) is 23.6 Å². The summed E-state index contributed by atoms with van der Waals surface area (Å²) in [6, 6.07) is 17.5. The summed E-state index contributed by atoms with van der Waals surface area (Å²) in [5.41, 5.74) is 3.27. The summed E-state index contributed by atoms with van der Waals surface area (Å²) in [7, 11) is 1.44. The quantitative estimate of drug-likeness (QED) is 0.337. The Morgan fingerprint density at radius 1 is 1.18 bits per heavy atom. The van der Waals surface area contributed by atoms with Crippen molar-refractivity contribution in [3.63, 3.8) is 0 Å². The molecule has 0 atom stereocenters. The van der Waals surface area contributed by atoms with E-state index in [9.17, 15) is 14.0 Å². The average Bonchev–Trinajstić information content (AvgIpc) is 2.83. The number of nitrogens with one attached hydrogen (secondary N) is 2. The van der Waals surface area contributed by atoms with Gasteiger partial charge in [0, 0.05) is 5.69 Å². The number of hydrazone groups is 1. The predicted octanol–water partition coefficient (Wildman–Crippen LogP) is 4.25. The fraction of sp³-hybridized carbons (Fsp3) is 0.0833. The molecule has 8 nitrogen and oxygen atoms in total. The number of carbonyl (C=O) groups is 2. The molecule has 0 heterocycles. The third-order valence-corrected chi connectivity index (χ3v) is 4.97. The van der Waals surface area contributed by atoms with Crippen LogP contribution >= 0.6 is 15.9 Å². The van der Waals surface area contributed by atoms with E-state index < -0.39 is 11.7 Å². The molecule has 34 heavy (non-hydrogen) atoms. The van der Waals surface area contributed by atoms with Gasteiger partial charge in [-0.3, -0.25) is 9.59 Å². The molecule has 0 saturated heterocycles. The van der Waals surface area contributed by atoms with Gasteiger partial charge < -0.3 is 14.8 Å². The highest BCUT2D eigenvalue weighted by molar-refractivity contribution is 9.10. The van der Waals surface area contributed by atoms with Crippen molar-refractivity contribution in [3.05, 3.63) is 87.6 Å². The van der Waals surface area contributed by atoms with Crippen LogP contribution < -0.4 is 20.2 Å². The molecule has 3 rings (SSSR count). The number of amides is 2. The first-order valence-electron chi connectivity index (χ1n) is 9.79. The van der Waals surface area contributed by atoms with Crippen molar-refractivity contribution in [2.45, 2.75) is 0 Å². The summed E-state index contributed by atoms with van der Waals surface area (Å²) >= 11 is 3.37. The minimum Gasteiger partial charge on any atom is -0.493 e. The third-order valence-electron chi connectivity index (χ3n) is 4.38. The Labute approximate surface area is 203 Å². The maximum atomic E-state index is 14.0. The van der Waals surface area contributed by atoms with Gasteiger partial charge in [-0.05, 0) is 64.0 Å². The molecule has 0 saturated carbocycles. The van der Waals surface area contributed by atoms with Crippen LogP contribution in [0.25, 0.3) is 0 Å². The molecule has 0 aliphatic heterocycles. The number of anilines is 1. The van der Waals surface area contributed by atoms with Crippen LogP contribution in [-0.4, -0.2) is 31.7 Å². The number of para-hydroxylation sites is 1. The Bertz CT molecular complexity index is 1280. The first kappa shape index (κ1) is 24.4. The second-order valence-electron chi connectivity index (χ2n) is 6.74. The SMILES string of the molecule is COc1cc(/C=N\NC(=O)c2ccc(C#N)cc2F)cc(Br)c1OCC(=O)Nc1ccccc1. The van der Waals surface area contributed by atoms with E-state index in [4.69, 9.17) is 14.7 Å². The van der Waals surface area contributed by atoms with Gasteiger partial charge in [-0.2, -0.15) is 10.4 Å². The maximum absolute atomic E-state index is 14.0. The van der Waals surface area contributed by atoms with Crippen LogP contribution in [0, 0.1) is 17.1 Å². The number of rotatable bonds is 8. The van der Waals surface area contributed by atoms with Crippen LogP contribution in [0.5, 0.6) is 11.5 Å². The molecule has 2 amide bonds. The fourth-order valence-electron chi connectivity index (χ4n) is 2.81. The number of halogens is 2. The molecule has 0 spiro atoms. The third kappa shape index (κ3) is 6.40. The number of carbonyl (C=O) groups excluding carboxylic acids is 2. The second-order valence-corrected chi connectivity index (χ2v) is 7.60. The zero-order valence-electron chi connectivity index (χ0n) is 17.8. The van der Waals surface area contributed by atoms with Crippen molar-refractivity contribution in [2.75, 3.05) is 19.0 Å². The molecule has 0 fully saturated rings. The lowest BCUT2D eigenvalue weighted by atomic mass is 10.1. The van der Waals surface area contributed by atoms with Gasteiger partial charge in [0.05, 0.1) is 35.0 Å². The number of methoxy groups -OCH3 is 1. The number of benzene rings is 3. The number of nitriles is 1. The summed E-state index contributed by atoms with van der Waals surface area (Å²) in [6.07, 6.45) is 1.33. The number of hydrogen-bond acceptors (Lipinski definition) is 6. The number of nitrogens with zero attached hydrogens (tertiary/aromatic N) is 2. The van der Waals surface area contributed by atoms with Gasteiger partial charge in [-0.15, -0.1) is 0 Å². The number of hydrogen-bond donors (Lipinski definition) is 2. The molecular weight excluding hydrogens is 507 g/mol. The van der Waals surface area contributed by atoms with Crippen LogP contribution in [0.4, 0.5) is 10.1 Å². The lowest BCUT2D eigenvalue weighted by Gasteiger charge is -2.13. The largest absolute Gasteiger partial charge is 0.493 e. The van der Waals surface area contributed by atoms with E-state index in [1.807, 2.05) is 6.07 Å². The van der Waals surface area contributed by atoms with Crippen LogP contribution in [0.15, 0.2) is 70.2 Å². The number of ether oxygens (including phenoxy) is 2. The Balaban J connectivity index is 1.64. The fourth-order valence-corrected chi connectivity index (χ4v) is 3.38. The Morgan fingerprint density at radius 3 is 2.62 bits per heavy atom. The topological polar surface area (TPSA) is 113 Å². The molecule has 10 heteroatoms. The van der Waals surface area contributed by atoms with Crippen molar-refractivity contribution in [2.24, 2.45) is 5.10 Å². The zero-order chi connectivity index (χ0) is 24.5. The van der Waals surface area contributed by atoms with E-state index >= 15 is 0 Å². The Kier molecular flexibility index (Phi) is 8.32. The lowest BCUT2D eigenvalue weighted by molar-refractivity contribution is -0.118. The van der Waals surface area contributed by atoms with Crippen molar-refractivity contribution < 1.29 is 23.5 Å². The van der Waals surface area contributed by atoms with E-state index in [1.54, 1.807) is 42.5 Å². The molecule has 0 unspecified atom stereocenters. The lowest BCUT2D eigenvalue weighted by Crippen LogP contribution is -2.20. The molecule has 172 valence electrons. The molecule has 0 radical (unpaired) electrons. The van der Waals surface area contributed by atoms with Gasteiger partial charge in [0.25, 0.3) is 11.8 Å². The van der Waals surface area contributed by atoms with Crippen LogP contribution in [0.3, 0.4) is 0 Å². The van der Waals surface area contributed by atoms with E-state index in [2.05, 4.69) is 31.8 Å². The van der Waals surface area contributed by atoms with Crippen molar-refractivity contribution in [1.82, 2.24) is 5.43 Å². The summed E-state index contributed by atoms with van der Waals surface area (Å²) < 4.78 is 25.4. The summed E-state index contributed by atoms with van der Waals surface area (Å²) in [5, 5.41) is 15.3. The normalized spacial score (nSPS) is 10.4. The minimum absolute atomic E-state index is 0.106. The maximum Gasteiger partial charge on any atom is 0.274 e. The minimum atomic E-state index is -0.825. The van der Waals surface area contributed by atoms with Gasteiger partial charge in [0.15, 0.2) is 18.1 Å². The van der Waals surface area contributed by atoms with Crippen molar-refractivity contribution in [1.29, 1.82) is 5.26 Å². The predicted molar refractivity (Wildman–Crippen MR) is 127 cm³/mol. The summed E-state index contributed by atoms with van der Waals surface area (Å²) in [4.78, 5) is 24.3. The van der Waals surface area contributed by atoms with Gasteiger partial charge >= 0.3 is 0 Å². The molecule has 0 aromatic heterocycles. The second kappa shape index (κ2) is 11.6. The Hall–Kier alpha value is -4.23. The van der Waals surface area contributed by atoms with Gasteiger partial charge in [-0.25, -0.2) is 9.82 Å². The van der Waals surface area contributed by atoms with Crippen molar-refractivity contribution in [3.8, 4) is 17.6 Å². The van der Waals surface area contributed by atoms with Gasteiger partial charge in [-0.1, -0.05) is 18.2 Å². The van der Waals surface area contributed by atoms with E-state index in [1.165, 1.54) is 25.5 Å². The highest BCUT2D eigenvalue weighted by Crippen LogP contribution is 2.36. The smallest absolute Gasteiger partial charge is 0.274 e. The highest BCUT2D eigenvalue weighted by Gasteiger charge is 2.14. The average molecular weight is 525 g/mol. The summed E-state index contributed by atoms with van der Waals surface area (Å²) in [5.74, 6) is -1.30. The monoisotopic (exact) mass is 524 g/mol. The molecule has 2 N–H and O–H groups in total. The standard InChI is InChI=1S/C24H18BrFN4O4/c1-33-21-11-16(13-28-30-24(32)18-8-7-15(12-27)10-20(18)26)9-19(25)23(21)34-14-22(31)29-17-5-3-2-4-6-17/h2-11,13H,14H2,1H3,(H,29,31)(H,30,32)/b28-13-. The van der Waals surface area contributed by atoms with E-state index in [0.717, 1.165) is 6.07 Å². The van der Waals surface area contributed by atoms with Gasteiger partial charge in [0.2, 0.25) is 0 Å². The molecule has 3 aromatic rings. The highest BCUT2D eigenvalue weighted by atomic mass is 79.9.